The molecule has 0 atom stereocenters. The lowest BCUT2D eigenvalue weighted by Gasteiger charge is -2.06. The zero-order chi connectivity index (χ0) is 22.7. The molecule has 1 N–H and O–H groups in total. The number of hydrogen-bond donors (Lipinski definition) is 1. The fourth-order valence-electron chi connectivity index (χ4n) is 3.02. The second kappa shape index (κ2) is 9.01. The van der Waals surface area contributed by atoms with E-state index in [1.165, 1.54) is 30.6 Å². The third-order valence-electron chi connectivity index (χ3n) is 4.75. The first kappa shape index (κ1) is 21.8. The van der Waals surface area contributed by atoms with Gasteiger partial charge in [0.15, 0.2) is 20.7 Å². The number of carbonyl (C=O) groups excluding carboxylic acids is 1. The molecule has 0 aliphatic rings. The number of fused-ring (bicyclic) bond motifs is 1. The number of methoxy groups -OCH3 is 2. The molecule has 0 bridgehead atoms. The molecule has 0 radical (unpaired) electrons. The van der Waals surface area contributed by atoms with Crippen molar-refractivity contribution in [2.24, 2.45) is 0 Å². The summed E-state index contributed by atoms with van der Waals surface area (Å²) in [6.07, 6.45) is -0.187. The summed E-state index contributed by atoms with van der Waals surface area (Å²) in [5.41, 5.74) is 1.24. The Morgan fingerprint density at radius 3 is 2.50 bits per heavy atom. The summed E-state index contributed by atoms with van der Waals surface area (Å²) in [7, 11) is -0.500. The Labute approximate surface area is 188 Å². The number of rotatable bonds is 8. The van der Waals surface area contributed by atoms with Crippen LogP contribution in [0.25, 0.3) is 22.4 Å². The minimum atomic E-state index is -3.59. The highest BCUT2D eigenvalue weighted by Crippen LogP contribution is 2.32. The van der Waals surface area contributed by atoms with E-state index in [1.54, 1.807) is 30.7 Å². The second-order valence-corrected chi connectivity index (χ2v) is 9.81. The molecular weight excluding hydrogens is 452 g/mol. The molecule has 0 aliphatic carbocycles. The quantitative estimate of drug-likeness (QED) is 0.405. The van der Waals surface area contributed by atoms with Crippen LogP contribution in [0, 0.1) is 0 Å². The van der Waals surface area contributed by atoms with Gasteiger partial charge in [0.05, 0.1) is 24.9 Å². The smallest absolute Gasteiger partial charge is 0.227 e. The van der Waals surface area contributed by atoms with Crippen molar-refractivity contribution in [3.8, 4) is 23.0 Å². The van der Waals surface area contributed by atoms with E-state index in [4.69, 9.17) is 13.9 Å². The first-order valence-corrected chi connectivity index (χ1v) is 12.1. The third kappa shape index (κ3) is 4.76. The van der Waals surface area contributed by atoms with Crippen molar-refractivity contribution < 1.29 is 27.1 Å². The minimum Gasteiger partial charge on any atom is -0.497 e. The first-order chi connectivity index (χ1) is 15.4. The molecule has 0 aliphatic heterocycles. The van der Waals surface area contributed by atoms with Crippen LogP contribution in [0.3, 0.4) is 0 Å². The zero-order valence-corrected chi connectivity index (χ0v) is 19.0. The molecule has 10 heteroatoms. The summed E-state index contributed by atoms with van der Waals surface area (Å²) in [6.45, 7) is 0. The summed E-state index contributed by atoms with van der Waals surface area (Å²) in [5, 5.41) is 5.68. The van der Waals surface area contributed by atoms with E-state index in [0.29, 0.717) is 33.7 Å². The van der Waals surface area contributed by atoms with Crippen molar-refractivity contribution in [3.63, 3.8) is 0 Å². The standard InChI is InChI=1S/C22H20N2O6S2/c1-28-15-5-7-17(8-6-15)32(26,27)10-9-21(25)24-22-23-18(13-31-22)20-11-14-3-4-16(29-2)12-19(14)30-20/h3-8,11-13H,9-10H2,1-2H3,(H,23,24,25). The monoisotopic (exact) mass is 472 g/mol. The van der Waals surface area contributed by atoms with Crippen molar-refractivity contribution in [2.75, 3.05) is 25.3 Å². The molecule has 0 spiro atoms. The van der Waals surface area contributed by atoms with Gasteiger partial charge < -0.3 is 19.2 Å². The van der Waals surface area contributed by atoms with E-state index in [9.17, 15) is 13.2 Å². The van der Waals surface area contributed by atoms with Gasteiger partial charge in [0.2, 0.25) is 5.91 Å². The van der Waals surface area contributed by atoms with Gasteiger partial charge in [0.1, 0.15) is 22.8 Å². The number of nitrogens with zero attached hydrogens (tertiary/aromatic N) is 1. The lowest BCUT2D eigenvalue weighted by molar-refractivity contribution is -0.115. The summed E-state index contributed by atoms with van der Waals surface area (Å²) < 4.78 is 41.0. The van der Waals surface area contributed by atoms with Crippen molar-refractivity contribution >= 4 is 43.2 Å². The second-order valence-electron chi connectivity index (χ2n) is 6.84. The van der Waals surface area contributed by atoms with Crippen molar-refractivity contribution in [3.05, 3.63) is 53.9 Å². The van der Waals surface area contributed by atoms with Gasteiger partial charge in [-0.2, -0.15) is 0 Å². The maximum Gasteiger partial charge on any atom is 0.227 e. The average molecular weight is 473 g/mol. The Balaban J connectivity index is 1.39. The van der Waals surface area contributed by atoms with Crippen LogP contribution in [0.5, 0.6) is 11.5 Å². The number of amides is 1. The van der Waals surface area contributed by atoms with Crippen LogP contribution < -0.4 is 14.8 Å². The summed E-state index contributed by atoms with van der Waals surface area (Å²) in [4.78, 5) is 16.8. The molecule has 1 amide bonds. The van der Waals surface area contributed by atoms with Crippen LogP contribution in [0.2, 0.25) is 0 Å². The molecule has 166 valence electrons. The maximum absolute atomic E-state index is 12.5. The van der Waals surface area contributed by atoms with Gasteiger partial charge in [-0.25, -0.2) is 13.4 Å². The molecule has 0 saturated heterocycles. The number of hydrogen-bond acceptors (Lipinski definition) is 8. The summed E-state index contributed by atoms with van der Waals surface area (Å²) >= 11 is 1.23. The maximum atomic E-state index is 12.5. The summed E-state index contributed by atoms with van der Waals surface area (Å²) in [5.74, 6) is 1.07. The fourth-order valence-corrected chi connectivity index (χ4v) is 4.98. The number of anilines is 1. The molecule has 0 fully saturated rings. The molecule has 4 aromatic rings. The van der Waals surface area contributed by atoms with Crippen molar-refractivity contribution in [2.45, 2.75) is 11.3 Å². The highest BCUT2D eigenvalue weighted by Gasteiger charge is 2.18. The zero-order valence-electron chi connectivity index (χ0n) is 17.3. The number of carbonyl (C=O) groups is 1. The van der Waals surface area contributed by atoms with Gasteiger partial charge in [0.25, 0.3) is 0 Å². The van der Waals surface area contributed by atoms with E-state index in [-0.39, 0.29) is 17.1 Å². The molecule has 0 unspecified atom stereocenters. The highest BCUT2D eigenvalue weighted by molar-refractivity contribution is 7.91. The number of aromatic nitrogens is 1. The molecule has 2 aromatic heterocycles. The molecular formula is C22H20N2O6S2. The van der Waals surface area contributed by atoms with Crippen LogP contribution >= 0.6 is 11.3 Å². The molecule has 32 heavy (non-hydrogen) atoms. The first-order valence-electron chi connectivity index (χ1n) is 9.58. The van der Waals surface area contributed by atoms with Crippen molar-refractivity contribution in [1.82, 2.24) is 4.98 Å². The Morgan fingerprint density at radius 1 is 1.06 bits per heavy atom. The van der Waals surface area contributed by atoms with E-state index >= 15 is 0 Å². The van der Waals surface area contributed by atoms with Gasteiger partial charge >= 0.3 is 0 Å². The molecule has 8 nitrogen and oxygen atoms in total. The van der Waals surface area contributed by atoms with Gasteiger partial charge in [-0.15, -0.1) is 11.3 Å². The van der Waals surface area contributed by atoms with E-state index in [0.717, 1.165) is 5.39 Å². The van der Waals surface area contributed by atoms with Gasteiger partial charge in [-0.1, -0.05) is 0 Å². The third-order valence-corrected chi connectivity index (χ3v) is 7.24. The Kier molecular flexibility index (Phi) is 6.15. The summed E-state index contributed by atoms with van der Waals surface area (Å²) in [6, 6.07) is 13.4. The Hall–Kier alpha value is -3.37. The lowest BCUT2D eigenvalue weighted by atomic mass is 10.2. The van der Waals surface area contributed by atoms with E-state index in [1.807, 2.05) is 18.2 Å². The molecule has 2 heterocycles. The SMILES string of the molecule is COc1ccc(S(=O)(=O)CCC(=O)Nc2nc(-c3cc4ccc(OC)cc4o3)cs2)cc1. The number of ether oxygens (including phenoxy) is 2. The highest BCUT2D eigenvalue weighted by atomic mass is 32.2. The van der Waals surface area contributed by atoms with Gasteiger partial charge in [-0.3, -0.25) is 4.79 Å². The van der Waals surface area contributed by atoms with E-state index in [2.05, 4.69) is 10.3 Å². The number of nitrogens with one attached hydrogen (secondary N) is 1. The van der Waals surface area contributed by atoms with Gasteiger partial charge in [-0.05, 0) is 42.5 Å². The number of furan rings is 1. The van der Waals surface area contributed by atoms with Crippen LogP contribution in [0.1, 0.15) is 6.42 Å². The lowest BCUT2D eigenvalue weighted by Crippen LogP contribution is -2.17. The predicted octanol–water partition coefficient (Wildman–Crippen LogP) is 4.38. The minimum absolute atomic E-state index is 0.143. The van der Waals surface area contributed by atoms with Crippen molar-refractivity contribution in [1.29, 1.82) is 0 Å². The number of benzene rings is 2. The number of thiazole rings is 1. The Morgan fingerprint density at radius 2 is 1.78 bits per heavy atom. The van der Waals surface area contributed by atoms with Crippen LogP contribution in [-0.2, 0) is 14.6 Å². The normalized spacial score (nSPS) is 11.4. The van der Waals surface area contributed by atoms with Crippen LogP contribution in [0.15, 0.2) is 63.2 Å². The van der Waals surface area contributed by atoms with Gasteiger partial charge in [0, 0.05) is 23.3 Å². The molecule has 2 aromatic carbocycles. The van der Waals surface area contributed by atoms with Crippen LogP contribution in [0.4, 0.5) is 5.13 Å². The topological polar surface area (TPSA) is 108 Å². The largest absolute Gasteiger partial charge is 0.497 e. The predicted molar refractivity (Wildman–Crippen MR) is 122 cm³/mol. The van der Waals surface area contributed by atoms with E-state index < -0.39 is 15.7 Å². The average Bonchev–Trinajstić information content (AvgIpc) is 3.44. The Bertz CT molecular complexity index is 1360. The molecule has 4 rings (SSSR count). The van der Waals surface area contributed by atoms with Crippen LogP contribution in [-0.4, -0.2) is 39.3 Å². The molecule has 0 saturated carbocycles. The fraction of sp³-hybridized carbons (Fsp3) is 0.182. The number of sulfone groups is 1.